The molecule has 130 valence electrons. The second-order valence-corrected chi connectivity index (χ2v) is 7.66. The molecule has 0 bridgehead atoms. The molecule has 0 aliphatic rings. The van der Waals surface area contributed by atoms with Crippen LogP contribution in [-0.4, -0.2) is 31.1 Å². The third-order valence-corrected chi connectivity index (χ3v) is 4.41. The summed E-state index contributed by atoms with van der Waals surface area (Å²) in [7, 11) is -8.63. The highest BCUT2D eigenvalue weighted by molar-refractivity contribution is 8.01. The van der Waals surface area contributed by atoms with E-state index in [1.54, 1.807) is 24.3 Å². The maximum Gasteiger partial charge on any atom is 0.333 e. The molecule has 0 radical (unpaired) electrons. The van der Waals surface area contributed by atoms with Crippen LogP contribution in [0.15, 0.2) is 53.4 Å². The van der Waals surface area contributed by atoms with Crippen LogP contribution < -0.4 is 0 Å². The molecule has 0 saturated carbocycles. The molecule has 0 atom stereocenters. The highest BCUT2D eigenvalue weighted by Gasteiger charge is 2.19. The van der Waals surface area contributed by atoms with Gasteiger partial charge in [0.25, 0.3) is 10.1 Å². The van der Waals surface area contributed by atoms with Gasteiger partial charge in [-0.05, 0) is 38.1 Å². The predicted octanol–water partition coefficient (Wildman–Crippen LogP) is 2.26. The summed E-state index contributed by atoms with van der Waals surface area (Å²) >= 11 is 0. The van der Waals surface area contributed by atoms with E-state index in [0.29, 0.717) is 0 Å². The molecule has 0 aromatic heterocycles. The van der Waals surface area contributed by atoms with E-state index in [-0.39, 0.29) is 10.5 Å². The first-order valence-corrected chi connectivity index (χ1v) is 9.42. The Labute approximate surface area is 140 Å². The summed E-state index contributed by atoms with van der Waals surface area (Å²) in [5.74, 6) is 0. The lowest BCUT2D eigenvalue weighted by atomic mass is 10.2. The van der Waals surface area contributed by atoms with Crippen LogP contribution in [-0.2, 0) is 20.2 Å². The summed E-state index contributed by atoms with van der Waals surface area (Å²) < 4.78 is 58.8. The Kier molecular flexibility index (Phi) is 6.38. The molecule has 0 amide bonds. The minimum atomic E-state index is -4.61. The fourth-order valence-corrected chi connectivity index (χ4v) is 2.46. The summed E-state index contributed by atoms with van der Waals surface area (Å²) in [6.07, 6.45) is 0. The van der Waals surface area contributed by atoms with E-state index < -0.39 is 25.4 Å². The Morgan fingerprint density at radius 1 is 0.750 bits per heavy atom. The Hall–Kier alpha value is -2.07. The molecular formula is C15H16O7S2. The molecule has 0 unspecified atom stereocenters. The molecule has 0 aliphatic heterocycles. The second kappa shape index (κ2) is 7.67. The largest absolute Gasteiger partial charge is 0.333 e. The van der Waals surface area contributed by atoms with Gasteiger partial charge < -0.3 is 0 Å². The van der Waals surface area contributed by atoms with Crippen molar-refractivity contribution in [3.8, 4) is 0 Å². The summed E-state index contributed by atoms with van der Waals surface area (Å²) in [5, 5.41) is -1.27. The van der Waals surface area contributed by atoms with Gasteiger partial charge in [-0.1, -0.05) is 35.4 Å². The molecule has 0 spiro atoms. The Morgan fingerprint density at radius 3 is 1.46 bits per heavy atom. The first kappa shape index (κ1) is 20.0. The zero-order valence-corrected chi connectivity index (χ0v) is 14.5. The molecule has 24 heavy (non-hydrogen) atoms. The first-order chi connectivity index (χ1) is 10.9. The van der Waals surface area contributed by atoms with Crippen molar-refractivity contribution >= 4 is 25.4 Å². The minimum absolute atomic E-state index is 0.0342. The molecule has 0 heterocycles. The lowest BCUT2D eigenvalue weighted by Gasteiger charge is -1.97. The number of benzene rings is 2. The van der Waals surface area contributed by atoms with Crippen LogP contribution in [0.25, 0.3) is 0 Å². The van der Waals surface area contributed by atoms with Gasteiger partial charge in [-0.3, -0.25) is 13.9 Å². The summed E-state index contributed by atoms with van der Waals surface area (Å²) in [5.41, 5.74) is 1.83. The van der Waals surface area contributed by atoms with Crippen LogP contribution in [0, 0.1) is 13.8 Å². The van der Waals surface area contributed by atoms with Gasteiger partial charge in [0.1, 0.15) is 0 Å². The maximum absolute atomic E-state index is 10.9. The fourth-order valence-electron chi connectivity index (χ4n) is 1.55. The lowest BCUT2D eigenvalue weighted by molar-refractivity contribution is 0.106. The topological polar surface area (TPSA) is 126 Å². The monoisotopic (exact) mass is 372 g/mol. The summed E-state index contributed by atoms with van der Waals surface area (Å²) in [6, 6.07) is 11.9. The second-order valence-electron chi connectivity index (χ2n) is 4.92. The highest BCUT2D eigenvalue weighted by atomic mass is 32.2. The van der Waals surface area contributed by atoms with Crippen LogP contribution in [0.3, 0.4) is 0 Å². The van der Waals surface area contributed by atoms with Gasteiger partial charge in [0.05, 0.1) is 4.90 Å². The average molecular weight is 372 g/mol. The van der Waals surface area contributed by atoms with Crippen LogP contribution >= 0.6 is 0 Å². The van der Waals surface area contributed by atoms with Crippen molar-refractivity contribution in [2.24, 2.45) is 0 Å². The summed E-state index contributed by atoms with van der Waals surface area (Å²) in [6.45, 7) is 3.65. The van der Waals surface area contributed by atoms with Crippen molar-refractivity contribution in [2.45, 2.75) is 18.7 Å². The van der Waals surface area contributed by atoms with Gasteiger partial charge in [-0.15, -0.1) is 0 Å². The maximum atomic E-state index is 10.9. The van der Waals surface area contributed by atoms with Crippen LogP contribution in [0.4, 0.5) is 0 Å². The van der Waals surface area contributed by atoms with E-state index >= 15 is 0 Å². The Morgan fingerprint density at radius 2 is 1.12 bits per heavy atom. The van der Waals surface area contributed by atoms with Gasteiger partial charge >= 0.3 is 15.2 Å². The van der Waals surface area contributed by atoms with E-state index in [1.807, 2.05) is 13.8 Å². The van der Waals surface area contributed by atoms with Crippen molar-refractivity contribution in [3.63, 3.8) is 0 Å². The van der Waals surface area contributed by atoms with Crippen molar-refractivity contribution in [3.05, 3.63) is 65.2 Å². The van der Waals surface area contributed by atoms with Gasteiger partial charge in [0.2, 0.25) is 0 Å². The number of hydrogen-bond acceptors (Lipinski definition) is 5. The Bertz CT molecular complexity index is 911. The van der Waals surface area contributed by atoms with E-state index in [4.69, 9.17) is 9.11 Å². The molecule has 0 aliphatic carbocycles. The van der Waals surface area contributed by atoms with Gasteiger partial charge in [0.15, 0.2) is 0 Å². The van der Waals surface area contributed by atoms with E-state index in [2.05, 4.69) is 0 Å². The van der Waals surface area contributed by atoms with E-state index in [1.165, 1.54) is 24.3 Å². The SMILES string of the molecule is Cc1ccc(C(=O)S(=O)(=O)O)cc1.Cc1ccc(S(=O)(=O)O)cc1. The van der Waals surface area contributed by atoms with Gasteiger partial charge in [-0.2, -0.15) is 16.8 Å². The molecule has 0 fully saturated rings. The smallest absolute Gasteiger partial charge is 0.282 e. The first-order valence-electron chi connectivity index (χ1n) is 6.54. The van der Waals surface area contributed by atoms with Crippen LogP contribution in [0.1, 0.15) is 21.5 Å². The van der Waals surface area contributed by atoms with Gasteiger partial charge in [0, 0.05) is 5.56 Å². The lowest BCUT2D eigenvalue weighted by Crippen LogP contribution is -2.13. The van der Waals surface area contributed by atoms with Crippen LogP contribution in [0.5, 0.6) is 0 Å². The molecule has 0 saturated heterocycles. The summed E-state index contributed by atoms with van der Waals surface area (Å²) in [4.78, 5) is 10.9. The Balaban J connectivity index is 0.000000243. The highest BCUT2D eigenvalue weighted by Crippen LogP contribution is 2.08. The molecule has 2 rings (SSSR count). The van der Waals surface area contributed by atoms with E-state index in [9.17, 15) is 21.6 Å². The number of aryl methyl sites for hydroxylation is 2. The van der Waals surface area contributed by atoms with Gasteiger partial charge in [-0.25, -0.2) is 0 Å². The molecule has 2 aromatic carbocycles. The molecule has 9 heteroatoms. The zero-order chi connectivity index (χ0) is 18.5. The number of rotatable bonds is 2. The minimum Gasteiger partial charge on any atom is -0.282 e. The van der Waals surface area contributed by atoms with E-state index in [0.717, 1.165) is 11.1 Å². The quantitative estimate of drug-likeness (QED) is 0.774. The third-order valence-electron chi connectivity index (χ3n) is 2.84. The standard InChI is InChI=1S/C8H8O4S.C7H8O3S/c1-6-2-4-7(5-3-6)8(9)13(10,11)12;1-6-2-4-7(5-3-6)11(8,9)10/h2-5H,1H3,(H,10,11,12);2-5H,1H3,(H,8,9,10). The van der Waals surface area contributed by atoms with Crippen molar-refractivity contribution in [1.82, 2.24) is 0 Å². The predicted molar refractivity (Wildman–Crippen MR) is 88.1 cm³/mol. The zero-order valence-electron chi connectivity index (χ0n) is 12.9. The number of carbonyl (C=O) groups excluding carboxylic acids is 1. The molecule has 2 N–H and O–H groups in total. The number of hydrogen-bond donors (Lipinski definition) is 2. The third kappa shape index (κ3) is 6.20. The average Bonchev–Trinajstić information content (AvgIpc) is 2.46. The number of carbonyl (C=O) groups is 1. The fraction of sp³-hybridized carbons (Fsp3) is 0.133. The molecule has 7 nitrogen and oxygen atoms in total. The van der Waals surface area contributed by atoms with Crippen LogP contribution in [0.2, 0.25) is 0 Å². The normalized spacial score (nSPS) is 11.3. The van der Waals surface area contributed by atoms with Crippen molar-refractivity contribution in [1.29, 1.82) is 0 Å². The van der Waals surface area contributed by atoms with Crippen molar-refractivity contribution in [2.75, 3.05) is 0 Å². The molecule has 2 aromatic rings. The molecular weight excluding hydrogens is 356 g/mol. The van der Waals surface area contributed by atoms with Crippen molar-refractivity contribution < 1.29 is 30.7 Å².